The lowest BCUT2D eigenvalue weighted by molar-refractivity contribution is 0.0773. The number of piperidine rings is 1. The molecule has 2 N–H and O–H groups in total. The van der Waals surface area contributed by atoms with Gasteiger partial charge in [0, 0.05) is 25.5 Å². The van der Waals surface area contributed by atoms with E-state index in [4.69, 9.17) is 4.42 Å². The smallest absolute Gasteiger partial charge is 0.287 e. The largest absolute Gasteiger partial charge is 0.455 e. The summed E-state index contributed by atoms with van der Waals surface area (Å²) in [5.74, 6) is 2.22. The van der Waals surface area contributed by atoms with Gasteiger partial charge in [0.05, 0.1) is 24.1 Å². The molecule has 2 aromatic rings. The van der Waals surface area contributed by atoms with Crippen LogP contribution in [0.15, 0.2) is 35.1 Å². The minimum Gasteiger partial charge on any atom is -0.455 e. The van der Waals surface area contributed by atoms with Crippen molar-refractivity contribution >= 4 is 23.5 Å². The number of rotatable bonds is 5. The van der Waals surface area contributed by atoms with Crippen molar-refractivity contribution in [1.82, 2.24) is 15.3 Å². The molecular weight excluding hydrogens is 328 g/mol. The molecule has 3 heterocycles. The molecule has 8 heteroatoms. The molecule has 7 nitrogen and oxygen atoms in total. The van der Waals surface area contributed by atoms with E-state index in [9.17, 15) is 9.90 Å². The van der Waals surface area contributed by atoms with Gasteiger partial charge >= 0.3 is 0 Å². The number of hydrogen-bond donors (Lipinski definition) is 2. The van der Waals surface area contributed by atoms with E-state index in [1.165, 1.54) is 0 Å². The minimum atomic E-state index is -0.676. The second kappa shape index (κ2) is 7.67. The monoisotopic (exact) mass is 348 g/mol. The number of aliphatic hydroxyl groups is 1. The van der Waals surface area contributed by atoms with Crippen molar-refractivity contribution < 1.29 is 14.3 Å². The Kier molecular flexibility index (Phi) is 5.37. The van der Waals surface area contributed by atoms with Crippen LogP contribution >= 0.6 is 11.8 Å². The first-order valence-corrected chi connectivity index (χ1v) is 9.14. The Morgan fingerprint density at radius 3 is 3.08 bits per heavy atom. The van der Waals surface area contributed by atoms with Crippen LogP contribution in [0.25, 0.3) is 0 Å². The third-order valence-electron chi connectivity index (χ3n) is 3.94. The Bertz CT molecular complexity index is 679. The van der Waals surface area contributed by atoms with E-state index in [-0.39, 0.29) is 17.7 Å². The Balaban J connectivity index is 1.57. The van der Waals surface area contributed by atoms with Crippen LogP contribution in [0.4, 0.5) is 5.82 Å². The molecule has 0 saturated carbocycles. The van der Waals surface area contributed by atoms with Crippen LogP contribution in [-0.4, -0.2) is 52.5 Å². The molecule has 2 aromatic heterocycles. The molecule has 1 aliphatic rings. The van der Waals surface area contributed by atoms with Gasteiger partial charge in [-0.3, -0.25) is 9.78 Å². The predicted octanol–water partition coefficient (Wildman–Crippen LogP) is 1.30. The Hall–Kier alpha value is -2.06. The highest BCUT2D eigenvalue weighted by Crippen LogP contribution is 2.18. The zero-order chi connectivity index (χ0) is 16.9. The Morgan fingerprint density at radius 2 is 2.38 bits per heavy atom. The average molecular weight is 348 g/mol. The van der Waals surface area contributed by atoms with Gasteiger partial charge < -0.3 is 19.7 Å². The minimum absolute atomic E-state index is 0.280. The van der Waals surface area contributed by atoms with Crippen LogP contribution in [-0.2, 0) is 5.75 Å². The van der Waals surface area contributed by atoms with Crippen molar-refractivity contribution in [1.29, 1.82) is 0 Å². The van der Waals surface area contributed by atoms with Crippen molar-refractivity contribution in [2.45, 2.75) is 24.3 Å². The second-order valence-electron chi connectivity index (χ2n) is 5.64. The van der Waals surface area contributed by atoms with Gasteiger partial charge in [-0.15, -0.1) is 0 Å². The van der Waals surface area contributed by atoms with Gasteiger partial charge in [0.25, 0.3) is 5.91 Å². The third-order valence-corrected chi connectivity index (χ3v) is 4.52. The van der Waals surface area contributed by atoms with Crippen LogP contribution < -0.4 is 10.2 Å². The standard InChI is InChI=1S/C16H20N4O3S/c1-24-10-11-2-3-14(23-11)16(22)19-12-4-7-20(9-13(12)21)15-8-17-5-6-18-15/h2-3,5-6,8,12-13,21H,4,7,9-10H2,1H3,(H,19,22)/t12-,13-/m1/s1. The molecule has 0 unspecified atom stereocenters. The lowest BCUT2D eigenvalue weighted by atomic mass is 10.0. The molecule has 1 saturated heterocycles. The summed E-state index contributed by atoms with van der Waals surface area (Å²) in [5, 5.41) is 13.2. The predicted molar refractivity (Wildman–Crippen MR) is 92.1 cm³/mol. The number of carbonyl (C=O) groups excluding carboxylic acids is 1. The number of nitrogens with one attached hydrogen (secondary N) is 1. The maximum atomic E-state index is 12.3. The first-order valence-electron chi connectivity index (χ1n) is 7.75. The van der Waals surface area contributed by atoms with E-state index < -0.39 is 6.10 Å². The highest BCUT2D eigenvalue weighted by molar-refractivity contribution is 7.97. The fraction of sp³-hybridized carbons (Fsp3) is 0.438. The molecule has 3 rings (SSSR count). The van der Waals surface area contributed by atoms with E-state index in [1.54, 1.807) is 42.5 Å². The van der Waals surface area contributed by atoms with Gasteiger partial charge in [-0.05, 0) is 24.8 Å². The molecule has 1 amide bonds. The van der Waals surface area contributed by atoms with Gasteiger partial charge in [-0.25, -0.2) is 4.98 Å². The van der Waals surface area contributed by atoms with Gasteiger partial charge in [0.15, 0.2) is 5.76 Å². The van der Waals surface area contributed by atoms with Crippen molar-refractivity contribution in [2.75, 3.05) is 24.2 Å². The van der Waals surface area contributed by atoms with E-state index in [1.807, 2.05) is 11.2 Å². The second-order valence-corrected chi connectivity index (χ2v) is 6.51. The zero-order valence-electron chi connectivity index (χ0n) is 13.4. The van der Waals surface area contributed by atoms with Gasteiger partial charge in [-0.2, -0.15) is 11.8 Å². The van der Waals surface area contributed by atoms with Gasteiger partial charge in [0.1, 0.15) is 11.6 Å². The quantitative estimate of drug-likeness (QED) is 0.841. The number of amides is 1. The zero-order valence-corrected chi connectivity index (χ0v) is 14.2. The first-order chi connectivity index (χ1) is 11.7. The van der Waals surface area contributed by atoms with Crippen molar-refractivity contribution in [3.63, 3.8) is 0 Å². The van der Waals surface area contributed by atoms with E-state index in [0.717, 1.165) is 17.3 Å². The summed E-state index contributed by atoms with van der Waals surface area (Å²) in [4.78, 5) is 22.5. The number of anilines is 1. The summed E-state index contributed by atoms with van der Waals surface area (Å²) in [6, 6.07) is 3.17. The summed E-state index contributed by atoms with van der Waals surface area (Å²) in [6.07, 6.45) is 6.83. The number of thioether (sulfide) groups is 1. The lowest BCUT2D eigenvalue weighted by Crippen LogP contribution is -2.54. The normalized spacial score (nSPS) is 20.8. The van der Waals surface area contributed by atoms with Crippen molar-refractivity contribution in [3.8, 4) is 0 Å². The molecule has 128 valence electrons. The molecule has 0 aliphatic carbocycles. The number of β-amino-alcohol motifs (C(OH)–C–C–N with tert-alkyl or cyclic N) is 1. The van der Waals surface area contributed by atoms with E-state index in [2.05, 4.69) is 15.3 Å². The fourth-order valence-electron chi connectivity index (χ4n) is 2.72. The Morgan fingerprint density at radius 1 is 1.50 bits per heavy atom. The number of aromatic nitrogens is 2. The molecule has 24 heavy (non-hydrogen) atoms. The summed E-state index contributed by atoms with van der Waals surface area (Å²) in [7, 11) is 0. The average Bonchev–Trinajstić information content (AvgIpc) is 3.06. The maximum Gasteiger partial charge on any atom is 0.287 e. The fourth-order valence-corrected chi connectivity index (χ4v) is 3.16. The van der Waals surface area contributed by atoms with Crippen LogP contribution in [0.1, 0.15) is 22.7 Å². The van der Waals surface area contributed by atoms with Crippen molar-refractivity contribution in [3.05, 3.63) is 42.2 Å². The number of furan rings is 1. The number of nitrogens with zero attached hydrogens (tertiary/aromatic N) is 3. The molecule has 0 spiro atoms. The SMILES string of the molecule is CSCc1ccc(C(=O)N[C@@H]2CCN(c3cnccn3)C[C@H]2O)o1. The highest BCUT2D eigenvalue weighted by Gasteiger charge is 2.30. The molecular formula is C16H20N4O3S. The van der Waals surface area contributed by atoms with E-state index >= 15 is 0 Å². The van der Waals surface area contributed by atoms with Crippen LogP contribution in [0.5, 0.6) is 0 Å². The number of carbonyl (C=O) groups is 1. The number of aliphatic hydroxyl groups excluding tert-OH is 1. The number of hydrogen-bond acceptors (Lipinski definition) is 7. The van der Waals surface area contributed by atoms with Crippen molar-refractivity contribution in [2.24, 2.45) is 0 Å². The first kappa shape index (κ1) is 16.8. The maximum absolute atomic E-state index is 12.3. The van der Waals surface area contributed by atoms with Crippen LogP contribution in [0.3, 0.4) is 0 Å². The molecule has 1 fully saturated rings. The third kappa shape index (κ3) is 3.88. The van der Waals surface area contributed by atoms with Crippen LogP contribution in [0, 0.1) is 0 Å². The molecule has 1 aliphatic heterocycles. The molecule has 0 bridgehead atoms. The molecule has 2 atom stereocenters. The summed E-state index contributed by atoms with van der Waals surface area (Å²) in [6.45, 7) is 1.09. The van der Waals surface area contributed by atoms with Gasteiger partial charge in [0.2, 0.25) is 0 Å². The topological polar surface area (TPSA) is 91.5 Å². The Labute approximate surface area is 144 Å². The summed E-state index contributed by atoms with van der Waals surface area (Å²) >= 11 is 1.63. The van der Waals surface area contributed by atoms with Crippen LogP contribution in [0.2, 0.25) is 0 Å². The lowest BCUT2D eigenvalue weighted by Gasteiger charge is -2.36. The summed E-state index contributed by atoms with van der Waals surface area (Å²) < 4.78 is 5.51. The molecule has 0 radical (unpaired) electrons. The highest BCUT2D eigenvalue weighted by atomic mass is 32.2. The summed E-state index contributed by atoms with van der Waals surface area (Å²) in [5.41, 5.74) is 0. The van der Waals surface area contributed by atoms with Gasteiger partial charge in [-0.1, -0.05) is 0 Å². The molecule has 0 aromatic carbocycles. The van der Waals surface area contributed by atoms with E-state index in [0.29, 0.717) is 19.5 Å².